The second-order valence-electron chi connectivity index (χ2n) is 9.03. The summed E-state index contributed by atoms with van der Waals surface area (Å²) in [5.74, 6) is 1.27. The molecule has 0 bridgehead atoms. The number of carbonyl (C=O) groups excluding carboxylic acids is 1. The van der Waals surface area contributed by atoms with Crippen LogP contribution in [0, 0.1) is 11.8 Å². The second kappa shape index (κ2) is 13.9. The first kappa shape index (κ1) is 26.7. The molecule has 0 fully saturated rings. The van der Waals surface area contributed by atoms with E-state index in [0.29, 0.717) is 23.0 Å². The van der Waals surface area contributed by atoms with Crippen LogP contribution in [0.1, 0.15) is 79.1 Å². The van der Waals surface area contributed by atoms with Gasteiger partial charge in [0.1, 0.15) is 17.1 Å². The third-order valence-electron chi connectivity index (χ3n) is 6.45. The largest absolute Gasteiger partial charge is 0.507 e. The Morgan fingerprint density at radius 2 is 1.61 bits per heavy atom. The van der Waals surface area contributed by atoms with E-state index in [1.165, 1.54) is 12.8 Å². The maximum Gasteiger partial charge on any atom is 0.339 e. The Morgan fingerprint density at radius 1 is 1.00 bits per heavy atom. The molecule has 1 heterocycles. The first-order valence-corrected chi connectivity index (χ1v) is 12.6. The molecule has 0 saturated carbocycles. The van der Waals surface area contributed by atoms with Crippen LogP contribution in [-0.4, -0.2) is 35.6 Å². The lowest BCUT2D eigenvalue weighted by molar-refractivity contribution is -0.134. The number of aromatic hydroxyl groups is 1. The fourth-order valence-corrected chi connectivity index (χ4v) is 4.19. The van der Waals surface area contributed by atoms with Gasteiger partial charge in [-0.1, -0.05) is 66.2 Å². The van der Waals surface area contributed by atoms with E-state index in [9.17, 15) is 14.7 Å². The maximum atomic E-state index is 13.2. The summed E-state index contributed by atoms with van der Waals surface area (Å²) in [5.41, 5.74) is -0.396. The number of fused-ring (bicyclic) bond motifs is 1. The Morgan fingerprint density at radius 3 is 2.15 bits per heavy atom. The van der Waals surface area contributed by atoms with Crippen molar-refractivity contribution in [3.05, 3.63) is 34.7 Å². The highest BCUT2D eigenvalue weighted by Crippen LogP contribution is 2.26. The molecule has 1 amide bonds. The predicted octanol–water partition coefficient (Wildman–Crippen LogP) is 6.14. The van der Waals surface area contributed by atoms with Crippen LogP contribution in [-0.2, 0) is 4.79 Å². The summed E-state index contributed by atoms with van der Waals surface area (Å²) in [6.07, 6.45) is 9.07. The van der Waals surface area contributed by atoms with Crippen LogP contribution in [0.15, 0.2) is 33.5 Å². The molecule has 1 aromatic carbocycles. The molecule has 1 N–H and O–H groups in total. The van der Waals surface area contributed by atoms with E-state index < -0.39 is 5.63 Å². The molecule has 184 valence electrons. The molecule has 2 atom stereocenters. The van der Waals surface area contributed by atoms with E-state index in [1.54, 1.807) is 18.2 Å². The minimum absolute atomic E-state index is 0.0163. The highest BCUT2D eigenvalue weighted by atomic mass is 16.5. The average molecular weight is 460 g/mol. The van der Waals surface area contributed by atoms with Gasteiger partial charge in [-0.15, -0.1) is 0 Å². The van der Waals surface area contributed by atoms with Crippen molar-refractivity contribution in [2.24, 2.45) is 11.8 Å². The van der Waals surface area contributed by atoms with Crippen molar-refractivity contribution in [2.75, 3.05) is 19.7 Å². The lowest BCUT2D eigenvalue weighted by Crippen LogP contribution is -2.41. The smallest absolute Gasteiger partial charge is 0.339 e. The van der Waals surface area contributed by atoms with Gasteiger partial charge in [-0.3, -0.25) is 4.79 Å². The summed E-state index contributed by atoms with van der Waals surface area (Å²) in [7, 11) is 0. The standard InChI is InChI=1S/C27H41NO5/c1-5-9-11-20(7-3)17-28(18-21(8-4)12-10-6-2)26(30)19-32-22-13-14-23-24(29)16-27(31)33-25(23)15-22/h13-16,20-21,29H,5-12,17-19H2,1-4H3. The molecule has 6 nitrogen and oxygen atoms in total. The van der Waals surface area contributed by atoms with E-state index in [1.807, 2.05) is 4.90 Å². The molecular weight excluding hydrogens is 418 g/mol. The highest BCUT2D eigenvalue weighted by Gasteiger charge is 2.22. The molecule has 0 saturated heterocycles. The molecule has 0 aliphatic rings. The van der Waals surface area contributed by atoms with Crippen LogP contribution >= 0.6 is 0 Å². The number of benzene rings is 1. The van der Waals surface area contributed by atoms with Gasteiger partial charge in [0.05, 0.1) is 11.5 Å². The van der Waals surface area contributed by atoms with Gasteiger partial charge >= 0.3 is 5.63 Å². The third kappa shape index (κ3) is 8.41. The van der Waals surface area contributed by atoms with E-state index >= 15 is 0 Å². The average Bonchev–Trinajstić information content (AvgIpc) is 2.81. The van der Waals surface area contributed by atoms with E-state index in [4.69, 9.17) is 9.15 Å². The van der Waals surface area contributed by atoms with Gasteiger partial charge in [-0.25, -0.2) is 4.79 Å². The Balaban J connectivity index is 2.11. The topological polar surface area (TPSA) is 80.0 Å². The zero-order chi connectivity index (χ0) is 24.2. The zero-order valence-corrected chi connectivity index (χ0v) is 20.8. The molecule has 33 heavy (non-hydrogen) atoms. The molecular formula is C27H41NO5. The Hall–Kier alpha value is -2.50. The zero-order valence-electron chi connectivity index (χ0n) is 20.8. The molecule has 0 aliphatic heterocycles. The van der Waals surface area contributed by atoms with Crippen molar-refractivity contribution in [3.8, 4) is 11.5 Å². The molecule has 2 rings (SSSR count). The quantitative estimate of drug-likeness (QED) is 0.324. The molecule has 6 heteroatoms. The fraction of sp³-hybridized carbons (Fsp3) is 0.630. The Labute approximate surface area is 197 Å². The van der Waals surface area contributed by atoms with Crippen LogP contribution < -0.4 is 10.4 Å². The molecule has 0 aliphatic carbocycles. The summed E-state index contributed by atoms with van der Waals surface area (Å²) < 4.78 is 11.0. The molecule has 0 spiro atoms. The first-order chi connectivity index (χ1) is 15.9. The minimum atomic E-state index is -0.630. The minimum Gasteiger partial charge on any atom is -0.507 e. The number of amides is 1. The Kier molecular flexibility index (Phi) is 11.3. The van der Waals surface area contributed by atoms with Crippen molar-refractivity contribution in [3.63, 3.8) is 0 Å². The summed E-state index contributed by atoms with van der Waals surface area (Å²) >= 11 is 0. The predicted molar refractivity (Wildman–Crippen MR) is 133 cm³/mol. The normalized spacial score (nSPS) is 13.1. The van der Waals surface area contributed by atoms with E-state index in [2.05, 4.69) is 27.7 Å². The van der Waals surface area contributed by atoms with Crippen LogP contribution in [0.3, 0.4) is 0 Å². The number of ether oxygens (including phenoxy) is 1. The molecule has 2 unspecified atom stereocenters. The number of hydrogen-bond acceptors (Lipinski definition) is 5. The van der Waals surface area contributed by atoms with Crippen LogP contribution in [0.25, 0.3) is 11.0 Å². The van der Waals surface area contributed by atoms with Crippen molar-refractivity contribution in [1.82, 2.24) is 4.90 Å². The fourth-order valence-electron chi connectivity index (χ4n) is 4.19. The van der Waals surface area contributed by atoms with Crippen molar-refractivity contribution in [1.29, 1.82) is 0 Å². The van der Waals surface area contributed by atoms with Gasteiger partial charge in [0.25, 0.3) is 5.91 Å². The van der Waals surface area contributed by atoms with E-state index in [0.717, 1.165) is 57.7 Å². The van der Waals surface area contributed by atoms with Crippen molar-refractivity contribution < 1.29 is 19.1 Å². The SMILES string of the molecule is CCCCC(CC)CN(CC(CC)CCCC)C(=O)COc1ccc2c(O)cc(=O)oc2c1. The summed E-state index contributed by atoms with van der Waals surface area (Å²) in [6, 6.07) is 5.88. The third-order valence-corrected chi connectivity index (χ3v) is 6.45. The molecule has 2 aromatic rings. The number of nitrogens with zero attached hydrogens (tertiary/aromatic N) is 1. The van der Waals surface area contributed by atoms with Gasteiger partial charge in [0.2, 0.25) is 0 Å². The Bertz CT molecular complexity index is 904. The number of carbonyl (C=O) groups is 1. The number of unbranched alkanes of at least 4 members (excludes halogenated alkanes) is 2. The summed E-state index contributed by atoms with van der Waals surface area (Å²) in [4.78, 5) is 26.8. The van der Waals surface area contributed by atoms with E-state index in [-0.39, 0.29) is 23.8 Å². The summed E-state index contributed by atoms with van der Waals surface area (Å²) in [6.45, 7) is 10.3. The summed E-state index contributed by atoms with van der Waals surface area (Å²) in [5, 5.41) is 10.3. The van der Waals surface area contributed by atoms with Gasteiger partial charge < -0.3 is 19.2 Å². The monoisotopic (exact) mass is 459 g/mol. The highest BCUT2D eigenvalue weighted by molar-refractivity contribution is 5.84. The maximum absolute atomic E-state index is 13.2. The number of hydrogen-bond donors (Lipinski definition) is 1. The second-order valence-corrected chi connectivity index (χ2v) is 9.03. The van der Waals surface area contributed by atoms with Crippen LogP contribution in [0.4, 0.5) is 0 Å². The van der Waals surface area contributed by atoms with Crippen LogP contribution in [0.5, 0.6) is 11.5 Å². The lowest BCUT2D eigenvalue weighted by Gasteiger charge is -2.30. The van der Waals surface area contributed by atoms with Crippen molar-refractivity contribution in [2.45, 2.75) is 79.1 Å². The molecule has 1 aromatic heterocycles. The number of rotatable bonds is 15. The van der Waals surface area contributed by atoms with Gasteiger partial charge in [-0.05, 0) is 36.8 Å². The van der Waals surface area contributed by atoms with Gasteiger partial charge in [0, 0.05) is 19.2 Å². The van der Waals surface area contributed by atoms with Crippen LogP contribution in [0.2, 0.25) is 0 Å². The van der Waals surface area contributed by atoms with Gasteiger partial charge in [-0.2, -0.15) is 0 Å². The first-order valence-electron chi connectivity index (χ1n) is 12.6. The lowest BCUT2D eigenvalue weighted by atomic mass is 9.95. The molecule has 0 radical (unpaired) electrons. The van der Waals surface area contributed by atoms with Crippen molar-refractivity contribution >= 4 is 16.9 Å². The van der Waals surface area contributed by atoms with Gasteiger partial charge in [0.15, 0.2) is 6.61 Å².